The minimum Gasteiger partial charge on any atom is -0.477 e. The van der Waals surface area contributed by atoms with Crippen LogP contribution in [-0.2, 0) is 19.5 Å². The second-order valence-corrected chi connectivity index (χ2v) is 4.92. The average Bonchev–Trinajstić information content (AvgIpc) is 2.93. The van der Waals surface area contributed by atoms with Crippen LogP contribution in [0, 0.1) is 5.92 Å². The molecular formula is C14H18N4O. The largest absolute Gasteiger partial charge is 0.477 e. The van der Waals surface area contributed by atoms with E-state index in [9.17, 15) is 0 Å². The third-order valence-corrected chi connectivity index (χ3v) is 3.55. The molecule has 0 spiro atoms. The Hall–Kier alpha value is -1.88. The molecule has 0 aliphatic carbocycles. The van der Waals surface area contributed by atoms with Gasteiger partial charge in [-0.3, -0.25) is 0 Å². The molecule has 1 atom stereocenters. The average molecular weight is 258 g/mol. The van der Waals surface area contributed by atoms with E-state index in [1.165, 1.54) is 0 Å². The number of rotatable bonds is 4. The van der Waals surface area contributed by atoms with Gasteiger partial charge >= 0.3 is 0 Å². The highest BCUT2D eigenvalue weighted by Gasteiger charge is 2.19. The highest BCUT2D eigenvalue weighted by atomic mass is 16.5. The standard InChI is InChI=1S/C14H18N4O/c15-8-12-1-2-14(17-9-12)19-10-11-3-5-18-6-4-16-13(18)7-11/h1-2,4,6,9,11H,3,5,7-8,10,15H2. The number of fused-ring (bicyclic) bond motifs is 1. The van der Waals surface area contributed by atoms with Crippen LogP contribution >= 0.6 is 0 Å². The summed E-state index contributed by atoms with van der Waals surface area (Å²) in [5.74, 6) is 2.35. The van der Waals surface area contributed by atoms with Crippen molar-refractivity contribution in [3.8, 4) is 5.88 Å². The molecule has 0 bridgehead atoms. The predicted octanol–water partition coefficient (Wildman–Crippen LogP) is 1.38. The summed E-state index contributed by atoms with van der Waals surface area (Å²) in [6.45, 7) is 2.24. The molecule has 5 heteroatoms. The first-order chi connectivity index (χ1) is 9.35. The molecule has 1 unspecified atom stereocenters. The maximum atomic E-state index is 5.75. The first-order valence-corrected chi connectivity index (χ1v) is 6.63. The van der Waals surface area contributed by atoms with E-state index in [1.54, 1.807) is 6.20 Å². The fraction of sp³-hybridized carbons (Fsp3) is 0.429. The summed E-state index contributed by atoms with van der Waals surface area (Å²) >= 11 is 0. The van der Waals surface area contributed by atoms with Crippen molar-refractivity contribution in [2.75, 3.05) is 6.61 Å². The van der Waals surface area contributed by atoms with E-state index in [2.05, 4.69) is 14.5 Å². The van der Waals surface area contributed by atoms with E-state index in [4.69, 9.17) is 10.5 Å². The maximum absolute atomic E-state index is 5.75. The molecule has 3 rings (SSSR count). The van der Waals surface area contributed by atoms with Crippen LogP contribution < -0.4 is 10.5 Å². The smallest absolute Gasteiger partial charge is 0.213 e. The van der Waals surface area contributed by atoms with E-state index in [1.807, 2.05) is 24.5 Å². The molecule has 2 aromatic heterocycles. The van der Waals surface area contributed by atoms with Crippen molar-refractivity contribution >= 4 is 0 Å². The quantitative estimate of drug-likeness (QED) is 0.899. The van der Waals surface area contributed by atoms with Crippen molar-refractivity contribution in [2.24, 2.45) is 11.7 Å². The Labute approximate surface area is 112 Å². The van der Waals surface area contributed by atoms with Crippen LogP contribution in [0.3, 0.4) is 0 Å². The fourth-order valence-corrected chi connectivity index (χ4v) is 2.38. The zero-order valence-electron chi connectivity index (χ0n) is 10.8. The van der Waals surface area contributed by atoms with Crippen molar-refractivity contribution in [1.82, 2.24) is 14.5 Å². The molecule has 2 N–H and O–H groups in total. The topological polar surface area (TPSA) is 66.0 Å². The van der Waals surface area contributed by atoms with E-state index >= 15 is 0 Å². The number of aryl methyl sites for hydroxylation is 1. The lowest BCUT2D eigenvalue weighted by atomic mass is 9.99. The van der Waals surface area contributed by atoms with Crippen molar-refractivity contribution in [3.05, 3.63) is 42.1 Å². The zero-order chi connectivity index (χ0) is 13.1. The Morgan fingerprint density at radius 2 is 2.32 bits per heavy atom. The monoisotopic (exact) mass is 258 g/mol. The van der Waals surface area contributed by atoms with Gasteiger partial charge in [0.25, 0.3) is 0 Å². The van der Waals surface area contributed by atoms with Gasteiger partial charge < -0.3 is 15.0 Å². The molecule has 0 fully saturated rings. The Kier molecular flexibility index (Phi) is 3.46. The number of hydrogen-bond donors (Lipinski definition) is 1. The third-order valence-electron chi connectivity index (χ3n) is 3.55. The Morgan fingerprint density at radius 3 is 3.11 bits per heavy atom. The molecule has 1 aliphatic heterocycles. The van der Waals surface area contributed by atoms with Crippen molar-refractivity contribution in [2.45, 2.75) is 25.9 Å². The molecule has 0 amide bonds. The summed E-state index contributed by atoms with van der Waals surface area (Å²) in [6.07, 6.45) is 7.78. The van der Waals surface area contributed by atoms with E-state index in [0.29, 0.717) is 24.9 Å². The molecule has 3 heterocycles. The van der Waals surface area contributed by atoms with Crippen LogP contribution in [0.5, 0.6) is 5.88 Å². The van der Waals surface area contributed by atoms with Gasteiger partial charge in [-0.15, -0.1) is 0 Å². The number of imidazole rings is 1. The molecule has 0 saturated heterocycles. The summed E-state index contributed by atoms with van der Waals surface area (Å²) in [4.78, 5) is 8.61. The molecule has 2 aromatic rings. The van der Waals surface area contributed by atoms with E-state index < -0.39 is 0 Å². The number of nitrogens with two attached hydrogens (primary N) is 1. The van der Waals surface area contributed by atoms with Gasteiger partial charge in [0, 0.05) is 50.1 Å². The lowest BCUT2D eigenvalue weighted by Crippen LogP contribution is -2.24. The van der Waals surface area contributed by atoms with Gasteiger partial charge in [-0.25, -0.2) is 9.97 Å². The summed E-state index contributed by atoms with van der Waals surface area (Å²) in [7, 11) is 0. The van der Waals surface area contributed by atoms with Crippen LogP contribution in [0.2, 0.25) is 0 Å². The lowest BCUT2D eigenvalue weighted by Gasteiger charge is -2.23. The van der Waals surface area contributed by atoms with Crippen molar-refractivity contribution < 1.29 is 4.74 Å². The minimum absolute atomic E-state index is 0.512. The summed E-state index contributed by atoms with van der Waals surface area (Å²) in [5, 5.41) is 0. The summed E-state index contributed by atoms with van der Waals surface area (Å²) < 4.78 is 7.96. The first kappa shape index (κ1) is 12.2. The maximum Gasteiger partial charge on any atom is 0.213 e. The van der Waals surface area contributed by atoms with Crippen LogP contribution in [0.15, 0.2) is 30.7 Å². The lowest BCUT2D eigenvalue weighted by molar-refractivity contribution is 0.212. The summed E-state index contributed by atoms with van der Waals surface area (Å²) in [5.41, 5.74) is 6.56. The normalized spacial score (nSPS) is 18.1. The van der Waals surface area contributed by atoms with Gasteiger partial charge in [0.15, 0.2) is 0 Å². The van der Waals surface area contributed by atoms with Crippen LogP contribution in [0.4, 0.5) is 0 Å². The highest BCUT2D eigenvalue weighted by molar-refractivity contribution is 5.17. The van der Waals surface area contributed by atoms with Gasteiger partial charge in [-0.05, 0) is 12.0 Å². The molecule has 5 nitrogen and oxygen atoms in total. The van der Waals surface area contributed by atoms with Crippen molar-refractivity contribution in [3.63, 3.8) is 0 Å². The van der Waals surface area contributed by atoms with Gasteiger partial charge in [0.2, 0.25) is 5.88 Å². The number of aromatic nitrogens is 3. The van der Waals surface area contributed by atoms with Crippen molar-refractivity contribution in [1.29, 1.82) is 0 Å². The van der Waals surface area contributed by atoms with Crippen LogP contribution in [0.25, 0.3) is 0 Å². The van der Waals surface area contributed by atoms with E-state index in [-0.39, 0.29) is 0 Å². The van der Waals surface area contributed by atoms with Gasteiger partial charge in [0.05, 0.1) is 6.61 Å². The van der Waals surface area contributed by atoms with Gasteiger partial charge in [-0.2, -0.15) is 0 Å². The Balaban J connectivity index is 1.55. The predicted molar refractivity (Wildman–Crippen MR) is 71.7 cm³/mol. The third kappa shape index (κ3) is 2.76. The molecule has 0 saturated carbocycles. The highest BCUT2D eigenvalue weighted by Crippen LogP contribution is 2.20. The van der Waals surface area contributed by atoms with Crippen LogP contribution in [-0.4, -0.2) is 21.1 Å². The molecular weight excluding hydrogens is 240 g/mol. The zero-order valence-corrected chi connectivity index (χ0v) is 10.8. The minimum atomic E-state index is 0.512. The second-order valence-electron chi connectivity index (χ2n) is 4.92. The molecule has 0 aromatic carbocycles. The molecule has 1 aliphatic rings. The second kappa shape index (κ2) is 5.40. The molecule has 19 heavy (non-hydrogen) atoms. The first-order valence-electron chi connectivity index (χ1n) is 6.63. The number of hydrogen-bond acceptors (Lipinski definition) is 4. The number of ether oxygens (including phenoxy) is 1. The Bertz CT molecular complexity index is 535. The van der Waals surface area contributed by atoms with Crippen LogP contribution in [0.1, 0.15) is 17.8 Å². The number of nitrogens with zero attached hydrogens (tertiary/aromatic N) is 3. The molecule has 100 valence electrons. The molecule has 0 radical (unpaired) electrons. The van der Waals surface area contributed by atoms with Gasteiger partial charge in [0.1, 0.15) is 5.82 Å². The SMILES string of the molecule is NCc1ccc(OCC2CCn3ccnc3C2)nc1. The number of pyridine rings is 1. The fourth-order valence-electron chi connectivity index (χ4n) is 2.38. The Morgan fingerprint density at radius 1 is 1.37 bits per heavy atom. The van der Waals surface area contributed by atoms with E-state index in [0.717, 1.165) is 30.8 Å². The summed E-state index contributed by atoms with van der Waals surface area (Å²) in [6, 6.07) is 3.84. The van der Waals surface area contributed by atoms with Gasteiger partial charge in [-0.1, -0.05) is 6.07 Å².